The van der Waals surface area contributed by atoms with Gasteiger partial charge in [0.2, 0.25) is 0 Å². The number of hydrogen-bond donors (Lipinski definition) is 0. The molecule has 22 heavy (non-hydrogen) atoms. The highest BCUT2D eigenvalue weighted by atomic mass is 32.1. The summed E-state index contributed by atoms with van der Waals surface area (Å²) in [5.41, 5.74) is 3.75. The highest BCUT2D eigenvalue weighted by Crippen LogP contribution is 2.36. The van der Waals surface area contributed by atoms with Crippen molar-refractivity contribution in [2.75, 3.05) is 0 Å². The molecule has 0 bridgehead atoms. The standard InChI is InChI=1S/C18H16N2OS/c1-12-18-15(20(19-12)14-6-3-2-4-7-14)10-13(11-16(18)21)17-8-5-9-22-17/h2-9,13H,10-11H2,1H3/t13-/m0/s1. The Labute approximate surface area is 133 Å². The van der Waals surface area contributed by atoms with Crippen LogP contribution < -0.4 is 0 Å². The second-order valence-electron chi connectivity index (χ2n) is 5.70. The number of benzene rings is 1. The molecule has 1 atom stereocenters. The first-order valence-electron chi connectivity index (χ1n) is 7.44. The number of nitrogens with zero attached hydrogens (tertiary/aromatic N) is 2. The van der Waals surface area contributed by atoms with Crippen LogP contribution in [0.4, 0.5) is 0 Å². The molecule has 0 aliphatic heterocycles. The largest absolute Gasteiger partial charge is 0.294 e. The zero-order valence-electron chi connectivity index (χ0n) is 12.3. The van der Waals surface area contributed by atoms with Gasteiger partial charge in [-0.05, 0) is 36.9 Å². The van der Waals surface area contributed by atoms with Gasteiger partial charge in [0, 0.05) is 17.2 Å². The smallest absolute Gasteiger partial charge is 0.167 e. The Morgan fingerprint density at radius 1 is 1.14 bits per heavy atom. The van der Waals surface area contributed by atoms with E-state index in [-0.39, 0.29) is 11.7 Å². The van der Waals surface area contributed by atoms with Gasteiger partial charge in [0.25, 0.3) is 0 Å². The lowest BCUT2D eigenvalue weighted by Crippen LogP contribution is -2.20. The van der Waals surface area contributed by atoms with Crippen LogP contribution in [0, 0.1) is 6.92 Å². The zero-order chi connectivity index (χ0) is 15.1. The Morgan fingerprint density at radius 3 is 2.68 bits per heavy atom. The molecule has 3 aromatic rings. The van der Waals surface area contributed by atoms with Crippen LogP contribution in [0.25, 0.3) is 5.69 Å². The van der Waals surface area contributed by atoms with E-state index in [1.807, 2.05) is 41.9 Å². The molecule has 4 heteroatoms. The number of carbonyl (C=O) groups is 1. The minimum atomic E-state index is 0.222. The van der Waals surface area contributed by atoms with Gasteiger partial charge in [-0.1, -0.05) is 24.3 Å². The van der Waals surface area contributed by atoms with Crippen molar-refractivity contribution < 1.29 is 4.79 Å². The molecule has 110 valence electrons. The Kier molecular flexibility index (Phi) is 3.19. The Hall–Kier alpha value is -2.20. The van der Waals surface area contributed by atoms with Crippen LogP contribution in [0.15, 0.2) is 47.8 Å². The van der Waals surface area contributed by atoms with Crippen molar-refractivity contribution in [2.24, 2.45) is 0 Å². The summed E-state index contributed by atoms with van der Waals surface area (Å²) in [6.45, 7) is 1.93. The van der Waals surface area contributed by atoms with Crippen LogP contribution in [-0.2, 0) is 6.42 Å². The van der Waals surface area contributed by atoms with E-state index in [0.717, 1.165) is 29.1 Å². The molecule has 0 radical (unpaired) electrons. The van der Waals surface area contributed by atoms with Gasteiger partial charge >= 0.3 is 0 Å². The van der Waals surface area contributed by atoms with Gasteiger partial charge in [0.1, 0.15) is 0 Å². The lowest BCUT2D eigenvalue weighted by Gasteiger charge is -2.21. The molecule has 0 amide bonds. The average molecular weight is 308 g/mol. The number of ketones is 1. The fourth-order valence-electron chi connectivity index (χ4n) is 3.27. The molecule has 0 unspecified atom stereocenters. The number of Topliss-reactive ketones (excluding diaryl/α,β-unsaturated/α-hetero) is 1. The third kappa shape index (κ3) is 2.11. The van der Waals surface area contributed by atoms with Crippen molar-refractivity contribution in [3.8, 4) is 5.69 Å². The number of carbonyl (C=O) groups excluding carboxylic acids is 1. The van der Waals surface area contributed by atoms with E-state index in [1.54, 1.807) is 11.3 Å². The SMILES string of the molecule is Cc1nn(-c2ccccc2)c2c1C(=O)C[C@@H](c1cccs1)C2. The van der Waals surface area contributed by atoms with Gasteiger partial charge in [0.05, 0.1) is 22.6 Å². The molecule has 0 saturated heterocycles. The lowest BCUT2D eigenvalue weighted by molar-refractivity contribution is 0.0963. The first-order chi connectivity index (χ1) is 10.7. The minimum Gasteiger partial charge on any atom is -0.294 e. The predicted octanol–water partition coefficient (Wildman–Crippen LogP) is 4.15. The number of fused-ring (bicyclic) bond motifs is 1. The molecule has 0 N–H and O–H groups in total. The van der Waals surface area contributed by atoms with Gasteiger partial charge in [-0.25, -0.2) is 4.68 Å². The molecule has 3 nitrogen and oxygen atoms in total. The normalized spacial score (nSPS) is 17.5. The fraction of sp³-hybridized carbons (Fsp3) is 0.222. The molecule has 1 aliphatic carbocycles. The third-order valence-electron chi connectivity index (χ3n) is 4.25. The first kappa shape index (κ1) is 13.5. The van der Waals surface area contributed by atoms with Gasteiger partial charge < -0.3 is 0 Å². The van der Waals surface area contributed by atoms with Gasteiger partial charge in [-0.2, -0.15) is 5.10 Å². The van der Waals surface area contributed by atoms with Crippen LogP contribution >= 0.6 is 11.3 Å². The Bertz CT molecular complexity index is 818. The van der Waals surface area contributed by atoms with E-state index in [4.69, 9.17) is 0 Å². The van der Waals surface area contributed by atoms with Gasteiger partial charge in [-0.15, -0.1) is 11.3 Å². The number of hydrogen-bond acceptors (Lipinski definition) is 3. The van der Waals surface area contributed by atoms with Crippen LogP contribution in [0.5, 0.6) is 0 Å². The van der Waals surface area contributed by atoms with Crippen LogP contribution in [0.1, 0.15) is 39.0 Å². The first-order valence-corrected chi connectivity index (χ1v) is 8.32. The van der Waals surface area contributed by atoms with Crippen molar-refractivity contribution in [1.82, 2.24) is 9.78 Å². The highest BCUT2D eigenvalue weighted by molar-refractivity contribution is 7.10. The summed E-state index contributed by atoms with van der Waals surface area (Å²) in [7, 11) is 0. The molecular formula is C18H16N2OS. The number of rotatable bonds is 2. The quantitative estimate of drug-likeness (QED) is 0.712. The summed E-state index contributed by atoms with van der Waals surface area (Å²) in [6.07, 6.45) is 1.46. The molecular weight excluding hydrogens is 292 g/mol. The summed E-state index contributed by atoms with van der Waals surface area (Å²) >= 11 is 1.73. The number of para-hydroxylation sites is 1. The van der Waals surface area contributed by atoms with E-state index in [2.05, 4.69) is 22.6 Å². The van der Waals surface area contributed by atoms with E-state index in [0.29, 0.717) is 6.42 Å². The van der Waals surface area contributed by atoms with Crippen molar-refractivity contribution in [2.45, 2.75) is 25.7 Å². The second kappa shape index (κ2) is 5.21. The van der Waals surface area contributed by atoms with Gasteiger partial charge in [-0.3, -0.25) is 4.79 Å². The maximum atomic E-state index is 12.6. The lowest BCUT2D eigenvalue weighted by atomic mass is 9.85. The van der Waals surface area contributed by atoms with E-state index >= 15 is 0 Å². The van der Waals surface area contributed by atoms with E-state index in [1.165, 1.54) is 4.88 Å². The topological polar surface area (TPSA) is 34.9 Å². The highest BCUT2D eigenvalue weighted by Gasteiger charge is 2.32. The summed E-state index contributed by atoms with van der Waals surface area (Å²) in [4.78, 5) is 13.9. The monoisotopic (exact) mass is 308 g/mol. The van der Waals surface area contributed by atoms with E-state index in [9.17, 15) is 4.79 Å². The van der Waals surface area contributed by atoms with Crippen LogP contribution in [0.2, 0.25) is 0 Å². The minimum absolute atomic E-state index is 0.222. The maximum absolute atomic E-state index is 12.6. The summed E-state index contributed by atoms with van der Waals surface area (Å²) in [5, 5.41) is 6.71. The Balaban J connectivity index is 1.83. The van der Waals surface area contributed by atoms with Crippen molar-refractivity contribution in [1.29, 1.82) is 0 Å². The van der Waals surface area contributed by atoms with Crippen molar-refractivity contribution in [3.05, 3.63) is 69.7 Å². The third-order valence-corrected chi connectivity index (χ3v) is 5.29. The molecule has 1 aliphatic rings. The molecule has 0 fully saturated rings. The van der Waals surface area contributed by atoms with Crippen LogP contribution in [0.3, 0.4) is 0 Å². The molecule has 2 heterocycles. The van der Waals surface area contributed by atoms with Crippen LogP contribution in [-0.4, -0.2) is 15.6 Å². The summed E-state index contributed by atoms with van der Waals surface area (Å²) < 4.78 is 1.95. The molecule has 4 rings (SSSR count). The zero-order valence-corrected chi connectivity index (χ0v) is 13.1. The predicted molar refractivity (Wildman–Crippen MR) is 88.0 cm³/mol. The molecule has 1 aromatic carbocycles. The number of aromatic nitrogens is 2. The summed E-state index contributed by atoms with van der Waals surface area (Å²) in [5.74, 6) is 0.498. The molecule has 2 aromatic heterocycles. The average Bonchev–Trinajstić information content (AvgIpc) is 3.16. The fourth-order valence-corrected chi connectivity index (χ4v) is 4.10. The van der Waals surface area contributed by atoms with Gasteiger partial charge in [0.15, 0.2) is 5.78 Å². The summed E-state index contributed by atoms with van der Waals surface area (Å²) in [6, 6.07) is 14.2. The maximum Gasteiger partial charge on any atom is 0.167 e. The van der Waals surface area contributed by atoms with Crippen molar-refractivity contribution in [3.63, 3.8) is 0 Å². The van der Waals surface area contributed by atoms with E-state index < -0.39 is 0 Å². The molecule has 0 spiro atoms. The number of thiophene rings is 1. The molecule has 0 saturated carbocycles. The second-order valence-corrected chi connectivity index (χ2v) is 6.68. The van der Waals surface area contributed by atoms with Crippen molar-refractivity contribution >= 4 is 17.1 Å². The Morgan fingerprint density at radius 2 is 1.95 bits per heavy atom. The number of aryl methyl sites for hydroxylation is 1.